The van der Waals surface area contributed by atoms with Crippen LogP contribution in [0.5, 0.6) is 5.75 Å². The number of aromatic nitrogens is 2. The van der Waals surface area contributed by atoms with Crippen LogP contribution in [0.25, 0.3) is 10.8 Å². The van der Waals surface area contributed by atoms with Crippen molar-refractivity contribution in [1.29, 1.82) is 0 Å². The molecule has 0 spiro atoms. The van der Waals surface area contributed by atoms with E-state index < -0.39 is 0 Å². The summed E-state index contributed by atoms with van der Waals surface area (Å²) in [5, 5.41) is 11.5. The Morgan fingerprint density at radius 2 is 2.18 bits per heavy atom. The predicted octanol–water partition coefficient (Wildman–Crippen LogP) is 3.57. The summed E-state index contributed by atoms with van der Waals surface area (Å²) in [6.07, 6.45) is 7.43. The van der Waals surface area contributed by atoms with Crippen LogP contribution < -0.4 is 15.6 Å². The first kappa shape index (κ1) is 18.7. The fraction of sp³-hybridized carbons (Fsp3) is 0.391. The Morgan fingerprint density at radius 1 is 1.25 bits per heavy atom. The van der Waals surface area contributed by atoms with Crippen LogP contribution in [0.3, 0.4) is 0 Å². The van der Waals surface area contributed by atoms with E-state index in [0.29, 0.717) is 11.3 Å². The van der Waals surface area contributed by atoms with Crippen LogP contribution in [0.15, 0.2) is 47.4 Å². The van der Waals surface area contributed by atoms with Crippen LogP contribution in [0, 0.1) is 0 Å². The van der Waals surface area contributed by atoms with Crippen molar-refractivity contribution in [3.8, 4) is 5.75 Å². The average Bonchev–Trinajstić information content (AvgIpc) is 2.73. The fourth-order valence-electron chi connectivity index (χ4n) is 4.34. The molecule has 146 valence electrons. The Hall–Kier alpha value is -2.66. The van der Waals surface area contributed by atoms with E-state index in [2.05, 4.69) is 39.8 Å². The van der Waals surface area contributed by atoms with E-state index in [1.807, 2.05) is 12.1 Å². The van der Waals surface area contributed by atoms with Crippen molar-refractivity contribution in [3.05, 3.63) is 69.6 Å². The summed E-state index contributed by atoms with van der Waals surface area (Å²) >= 11 is 0. The number of aromatic amines is 1. The van der Waals surface area contributed by atoms with Crippen molar-refractivity contribution in [2.24, 2.45) is 0 Å². The number of rotatable bonds is 7. The molecule has 0 saturated carbocycles. The van der Waals surface area contributed by atoms with Crippen molar-refractivity contribution < 1.29 is 4.74 Å². The van der Waals surface area contributed by atoms with Gasteiger partial charge in [-0.25, -0.2) is 5.10 Å². The predicted molar refractivity (Wildman–Crippen MR) is 112 cm³/mol. The van der Waals surface area contributed by atoms with Crippen molar-refractivity contribution in [2.75, 3.05) is 20.2 Å². The summed E-state index contributed by atoms with van der Waals surface area (Å²) < 4.78 is 5.55. The number of ether oxygens (including phenoxy) is 1. The monoisotopic (exact) mass is 377 g/mol. The first-order chi connectivity index (χ1) is 13.8. The Balaban J connectivity index is 1.30. The zero-order valence-electron chi connectivity index (χ0n) is 16.3. The molecule has 28 heavy (non-hydrogen) atoms. The van der Waals surface area contributed by atoms with Crippen LogP contribution in [-0.4, -0.2) is 30.4 Å². The van der Waals surface area contributed by atoms with Gasteiger partial charge in [0.05, 0.1) is 18.7 Å². The molecule has 0 fully saturated rings. The third-order valence-corrected chi connectivity index (χ3v) is 5.80. The number of H-pyrrole nitrogens is 1. The first-order valence-corrected chi connectivity index (χ1v) is 10.1. The normalized spacial score (nSPS) is 16.1. The Labute approximate surface area is 165 Å². The highest BCUT2D eigenvalue weighted by Crippen LogP contribution is 2.38. The zero-order chi connectivity index (χ0) is 19.3. The summed E-state index contributed by atoms with van der Waals surface area (Å²) in [7, 11) is 1.76. The second kappa shape index (κ2) is 8.57. The summed E-state index contributed by atoms with van der Waals surface area (Å²) in [6.45, 7) is 1.94. The molecule has 1 aromatic heterocycles. The van der Waals surface area contributed by atoms with Gasteiger partial charge in [0.15, 0.2) is 0 Å². The molecule has 4 rings (SSSR count). The molecule has 0 saturated heterocycles. The second-order valence-electron chi connectivity index (χ2n) is 7.53. The van der Waals surface area contributed by atoms with Crippen molar-refractivity contribution in [1.82, 2.24) is 15.5 Å². The minimum Gasteiger partial charge on any atom is -0.496 e. The lowest BCUT2D eigenvalue weighted by molar-refractivity contribution is 0.401. The lowest BCUT2D eigenvalue weighted by atomic mass is 9.80. The zero-order valence-corrected chi connectivity index (χ0v) is 16.3. The fourth-order valence-corrected chi connectivity index (χ4v) is 4.34. The summed E-state index contributed by atoms with van der Waals surface area (Å²) in [5.41, 5.74) is 3.97. The molecular weight excluding hydrogens is 350 g/mol. The highest BCUT2D eigenvalue weighted by molar-refractivity contribution is 5.81. The third-order valence-electron chi connectivity index (χ3n) is 5.80. The van der Waals surface area contributed by atoms with E-state index in [1.54, 1.807) is 13.3 Å². The van der Waals surface area contributed by atoms with E-state index >= 15 is 0 Å². The molecule has 2 N–H and O–H groups in total. The molecule has 5 nitrogen and oxygen atoms in total. The Kier molecular flexibility index (Phi) is 5.72. The van der Waals surface area contributed by atoms with E-state index in [4.69, 9.17) is 4.74 Å². The van der Waals surface area contributed by atoms with Crippen LogP contribution in [0.1, 0.15) is 41.9 Å². The molecule has 1 heterocycles. The molecule has 0 amide bonds. The molecule has 5 heteroatoms. The van der Waals surface area contributed by atoms with Gasteiger partial charge >= 0.3 is 0 Å². The Morgan fingerprint density at radius 3 is 3.07 bits per heavy atom. The minimum absolute atomic E-state index is 0.133. The van der Waals surface area contributed by atoms with E-state index in [9.17, 15) is 4.79 Å². The molecule has 1 aliphatic carbocycles. The van der Waals surface area contributed by atoms with Crippen molar-refractivity contribution >= 4 is 10.8 Å². The van der Waals surface area contributed by atoms with Gasteiger partial charge < -0.3 is 10.1 Å². The molecule has 0 aliphatic heterocycles. The van der Waals surface area contributed by atoms with E-state index in [1.165, 1.54) is 29.5 Å². The SMILES string of the molecule is COc1cccc2c1CCCC2CCNCCc1ccc2c(=O)[nH]ncc2c1. The molecule has 0 radical (unpaired) electrons. The lowest BCUT2D eigenvalue weighted by Crippen LogP contribution is -2.22. The topological polar surface area (TPSA) is 67.0 Å². The van der Waals surface area contributed by atoms with Gasteiger partial charge in [-0.05, 0) is 86.0 Å². The summed E-state index contributed by atoms with van der Waals surface area (Å²) in [5.74, 6) is 1.66. The van der Waals surface area contributed by atoms with Crippen LogP contribution in [0.2, 0.25) is 0 Å². The molecule has 3 aromatic rings. The average molecular weight is 377 g/mol. The number of nitrogens with one attached hydrogen (secondary N) is 2. The molecule has 1 atom stereocenters. The summed E-state index contributed by atoms with van der Waals surface area (Å²) in [4.78, 5) is 11.7. The maximum absolute atomic E-state index is 11.7. The van der Waals surface area contributed by atoms with Crippen LogP contribution in [-0.2, 0) is 12.8 Å². The summed E-state index contributed by atoms with van der Waals surface area (Å²) in [6, 6.07) is 12.4. The van der Waals surface area contributed by atoms with Gasteiger partial charge in [-0.3, -0.25) is 4.79 Å². The number of fused-ring (bicyclic) bond motifs is 2. The quantitative estimate of drug-likeness (QED) is 0.618. The molecular formula is C23H27N3O2. The maximum Gasteiger partial charge on any atom is 0.272 e. The number of methoxy groups -OCH3 is 1. The van der Waals surface area contributed by atoms with Gasteiger partial charge in [0.2, 0.25) is 0 Å². The maximum atomic E-state index is 11.7. The van der Waals surface area contributed by atoms with Gasteiger partial charge in [0.25, 0.3) is 5.56 Å². The number of benzene rings is 2. The first-order valence-electron chi connectivity index (χ1n) is 10.1. The van der Waals surface area contributed by atoms with Gasteiger partial charge in [-0.15, -0.1) is 0 Å². The highest BCUT2D eigenvalue weighted by Gasteiger charge is 2.22. The van der Waals surface area contributed by atoms with Crippen molar-refractivity contribution in [2.45, 2.75) is 38.0 Å². The molecule has 1 unspecified atom stereocenters. The number of hydrogen-bond donors (Lipinski definition) is 2. The lowest BCUT2D eigenvalue weighted by Gasteiger charge is -2.27. The smallest absolute Gasteiger partial charge is 0.272 e. The number of nitrogens with zero attached hydrogens (tertiary/aromatic N) is 1. The van der Waals surface area contributed by atoms with Gasteiger partial charge in [0.1, 0.15) is 5.75 Å². The highest BCUT2D eigenvalue weighted by atomic mass is 16.5. The number of hydrogen-bond acceptors (Lipinski definition) is 4. The Bertz CT molecular complexity index is 1010. The van der Waals surface area contributed by atoms with E-state index in [0.717, 1.165) is 43.5 Å². The van der Waals surface area contributed by atoms with Crippen LogP contribution in [0.4, 0.5) is 0 Å². The van der Waals surface area contributed by atoms with Gasteiger partial charge in [0, 0.05) is 5.39 Å². The standard InChI is InChI=1S/C23H27N3O2/c1-28-22-7-3-5-19-17(4-2-6-21(19)22)11-13-24-12-10-16-8-9-20-18(14-16)15-25-26-23(20)27/h3,5,7-9,14-15,17,24H,2,4,6,10-13H2,1H3,(H,26,27). The van der Waals surface area contributed by atoms with Crippen molar-refractivity contribution in [3.63, 3.8) is 0 Å². The van der Waals surface area contributed by atoms with Gasteiger partial charge in [-0.1, -0.05) is 18.2 Å². The molecule has 2 aromatic carbocycles. The minimum atomic E-state index is -0.133. The third kappa shape index (κ3) is 3.94. The largest absolute Gasteiger partial charge is 0.496 e. The molecule has 1 aliphatic rings. The van der Waals surface area contributed by atoms with Gasteiger partial charge in [-0.2, -0.15) is 5.10 Å². The van der Waals surface area contributed by atoms with E-state index in [-0.39, 0.29) is 5.56 Å². The second-order valence-corrected chi connectivity index (χ2v) is 7.53. The van der Waals surface area contributed by atoms with Crippen LogP contribution >= 0.6 is 0 Å². The molecule has 0 bridgehead atoms.